The maximum absolute atomic E-state index is 11.9. The van der Waals surface area contributed by atoms with Crippen molar-refractivity contribution in [2.75, 3.05) is 5.73 Å². The zero-order valence-electron chi connectivity index (χ0n) is 11.5. The number of hydrogen-bond acceptors (Lipinski definition) is 4. The van der Waals surface area contributed by atoms with Crippen molar-refractivity contribution in [2.45, 2.75) is 40.0 Å². The maximum Gasteiger partial charge on any atom is 0.270 e. The zero-order valence-corrected chi connectivity index (χ0v) is 12.4. The van der Waals surface area contributed by atoms with Crippen LogP contribution in [-0.4, -0.2) is 9.97 Å². The molecule has 0 fully saturated rings. The van der Waals surface area contributed by atoms with Crippen molar-refractivity contribution in [1.82, 2.24) is 9.97 Å². The highest BCUT2D eigenvalue weighted by Gasteiger charge is 2.31. The van der Waals surface area contributed by atoms with Gasteiger partial charge in [-0.25, -0.2) is 4.98 Å². The molecule has 1 atom stereocenters. The molecule has 1 aliphatic carbocycles. The SMILES string of the molecule is CC(C)(C)C1CCc2sc3c(=O)[nH]c(N)nc3c2C1. The van der Waals surface area contributed by atoms with Crippen LogP contribution in [0, 0.1) is 11.3 Å². The number of hydrogen-bond donors (Lipinski definition) is 2. The Balaban J connectivity index is 2.16. The minimum Gasteiger partial charge on any atom is -0.369 e. The van der Waals surface area contributed by atoms with Crippen molar-refractivity contribution in [3.63, 3.8) is 0 Å². The first-order valence-electron chi connectivity index (χ1n) is 6.66. The number of aromatic nitrogens is 2. The number of fused-ring (bicyclic) bond motifs is 3. The molecule has 0 radical (unpaired) electrons. The summed E-state index contributed by atoms with van der Waals surface area (Å²) >= 11 is 1.59. The van der Waals surface area contributed by atoms with Crippen LogP contribution >= 0.6 is 11.3 Å². The Morgan fingerprint density at radius 1 is 1.42 bits per heavy atom. The molecule has 5 heteroatoms. The van der Waals surface area contributed by atoms with E-state index in [-0.39, 0.29) is 11.5 Å². The summed E-state index contributed by atoms with van der Waals surface area (Å²) in [4.78, 5) is 20.2. The lowest BCUT2D eigenvalue weighted by Gasteiger charge is -2.33. The van der Waals surface area contributed by atoms with Gasteiger partial charge in [0.2, 0.25) is 5.95 Å². The molecule has 4 nitrogen and oxygen atoms in total. The predicted octanol–water partition coefficient (Wildman–Crippen LogP) is 2.72. The van der Waals surface area contributed by atoms with Gasteiger partial charge in [0.25, 0.3) is 5.56 Å². The van der Waals surface area contributed by atoms with E-state index >= 15 is 0 Å². The summed E-state index contributed by atoms with van der Waals surface area (Å²) in [5, 5.41) is 0. The minimum atomic E-state index is -0.103. The van der Waals surface area contributed by atoms with Gasteiger partial charge in [-0.15, -0.1) is 11.3 Å². The van der Waals surface area contributed by atoms with Gasteiger partial charge >= 0.3 is 0 Å². The molecule has 0 saturated heterocycles. The van der Waals surface area contributed by atoms with E-state index in [1.54, 1.807) is 11.3 Å². The van der Waals surface area contributed by atoms with Crippen molar-refractivity contribution in [3.05, 3.63) is 20.8 Å². The second-order valence-electron chi connectivity index (χ2n) is 6.44. The molecule has 2 heterocycles. The standard InChI is InChI=1S/C14H19N3OS/c1-14(2,3)7-4-5-9-8(6-7)10-11(19-9)12(18)17-13(15)16-10/h7H,4-6H2,1-3H3,(H3,15,16,17,18). The molecular formula is C14H19N3OS. The maximum atomic E-state index is 11.9. The van der Waals surface area contributed by atoms with Crippen molar-refractivity contribution >= 4 is 27.5 Å². The summed E-state index contributed by atoms with van der Waals surface area (Å²) in [6.45, 7) is 6.85. The molecule has 0 amide bonds. The summed E-state index contributed by atoms with van der Waals surface area (Å²) in [7, 11) is 0. The largest absolute Gasteiger partial charge is 0.369 e. The molecule has 0 aromatic carbocycles. The third kappa shape index (κ3) is 2.06. The summed E-state index contributed by atoms with van der Waals surface area (Å²) < 4.78 is 0.730. The quantitative estimate of drug-likeness (QED) is 0.777. The van der Waals surface area contributed by atoms with Gasteiger partial charge in [-0.05, 0) is 36.2 Å². The Hall–Kier alpha value is -1.36. The number of thiophene rings is 1. The number of nitrogens with one attached hydrogen (secondary N) is 1. The van der Waals surface area contributed by atoms with E-state index in [0.29, 0.717) is 11.3 Å². The first kappa shape index (κ1) is 12.7. The van der Waals surface area contributed by atoms with Crippen LogP contribution in [0.2, 0.25) is 0 Å². The minimum absolute atomic E-state index is 0.103. The van der Waals surface area contributed by atoms with E-state index in [9.17, 15) is 4.79 Å². The monoisotopic (exact) mass is 277 g/mol. The Labute approximate surface area is 116 Å². The molecule has 3 rings (SSSR count). The molecule has 0 bridgehead atoms. The van der Waals surface area contributed by atoms with Crippen LogP contribution in [0.3, 0.4) is 0 Å². The van der Waals surface area contributed by atoms with E-state index in [1.165, 1.54) is 16.9 Å². The molecule has 3 N–H and O–H groups in total. The molecule has 102 valence electrons. The molecule has 0 spiro atoms. The number of nitrogens with two attached hydrogens (primary N) is 1. The highest BCUT2D eigenvalue weighted by atomic mass is 32.1. The van der Waals surface area contributed by atoms with Crippen molar-refractivity contribution in [3.8, 4) is 0 Å². The Kier molecular flexibility index (Phi) is 2.71. The number of anilines is 1. The number of aromatic amines is 1. The van der Waals surface area contributed by atoms with E-state index in [0.717, 1.165) is 23.1 Å². The lowest BCUT2D eigenvalue weighted by molar-refractivity contribution is 0.217. The number of nitrogen functional groups attached to an aromatic ring is 1. The lowest BCUT2D eigenvalue weighted by Crippen LogP contribution is -2.26. The topological polar surface area (TPSA) is 71.8 Å². The third-order valence-corrected chi connectivity index (χ3v) is 5.42. The van der Waals surface area contributed by atoms with Gasteiger partial charge in [-0.1, -0.05) is 20.8 Å². The highest BCUT2D eigenvalue weighted by molar-refractivity contribution is 7.19. The van der Waals surface area contributed by atoms with Gasteiger partial charge in [-0.3, -0.25) is 9.78 Å². The molecule has 2 aromatic rings. The Bertz CT molecular complexity index is 693. The van der Waals surface area contributed by atoms with E-state index < -0.39 is 0 Å². The summed E-state index contributed by atoms with van der Waals surface area (Å²) in [5.41, 5.74) is 7.95. The fourth-order valence-electron chi connectivity index (χ4n) is 2.90. The van der Waals surface area contributed by atoms with Gasteiger partial charge in [0.05, 0.1) is 5.52 Å². The second kappa shape index (κ2) is 4.07. The normalized spacial score (nSPS) is 19.6. The van der Waals surface area contributed by atoms with Gasteiger partial charge in [0, 0.05) is 4.88 Å². The predicted molar refractivity (Wildman–Crippen MR) is 79.6 cm³/mol. The number of aryl methyl sites for hydroxylation is 1. The van der Waals surface area contributed by atoms with Crippen LogP contribution in [0.15, 0.2) is 4.79 Å². The smallest absolute Gasteiger partial charge is 0.270 e. The molecule has 0 saturated carbocycles. The van der Waals surface area contributed by atoms with Crippen LogP contribution in [0.4, 0.5) is 5.95 Å². The van der Waals surface area contributed by atoms with Crippen molar-refractivity contribution in [1.29, 1.82) is 0 Å². The van der Waals surface area contributed by atoms with Crippen LogP contribution in [0.5, 0.6) is 0 Å². The van der Waals surface area contributed by atoms with Gasteiger partial charge in [-0.2, -0.15) is 0 Å². The summed E-state index contributed by atoms with van der Waals surface area (Å²) in [6.07, 6.45) is 3.25. The molecule has 1 aliphatic rings. The molecule has 0 aliphatic heterocycles. The first-order chi connectivity index (χ1) is 8.86. The molecule has 19 heavy (non-hydrogen) atoms. The van der Waals surface area contributed by atoms with Gasteiger partial charge in [0.1, 0.15) is 4.70 Å². The van der Waals surface area contributed by atoms with Crippen LogP contribution < -0.4 is 11.3 Å². The van der Waals surface area contributed by atoms with Crippen LogP contribution in [0.25, 0.3) is 10.2 Å². The van der Waals surface area contributed by atoms with E-state index in [2.05, 4.69) is 30.7 Å². The number of nitrogens with zero attached hydrogens (tertiary/aromatic N) is 1. The fraction of sp³-hybridized carbons (Fsp3) is 0.571. The zero-order chi connectivity index (χ0) is 13.8. The van der Waals surface area contributed by atoms with E-state index in [1.807, 2.05) is 0 Å². The third-order valence-electron chi connectivity index (χ3n) is 4.14. The second-order valence-corrected chi connectivity index (χ2v) is 7.54. The summed E-state index contributed by atoms with van der Waals surface area (Å²) in [6, 6.07) is 0. The Morgan fingerprint density at radius 2 is 2.16 bits per heavy atom. The average Bonchev–Trinajstić information content (AvgIpc) is 2.66. The van der Waals surface area contributed by atoms with E-state index in [4.69, 9.17) is 5.73 Å². The first-order valence-corrected chi connectivity index (χ1v) is 7.48. The molecule has 1 unspecified atom stereocenters. The average molecular weight is 277 g/mol. The number of rotatable bonds is 0. The van der Waals surface area contributed by atoms with Crippen LogP contribution in [0.1, 0.15) is 37.6 Å². The number of H-pyrrole nitrogens is 1. The van der Waals surface area contributed by atoms with Gasteiger partial charge < -0.3 is 5.73 Å². The Morgan fingerprint density at radius 3 is 2.84 bits per heavy atom. The lowest BCUT2D eigenvalue weighted by atomic mass is 9.72. The van der Waals surface area contributed by atoms with Gasteiger partial charge in [0.15, 0.2) is 0 Å². The summed E-state index contributed by atoms with van der Waals surface area (Å²) in [5.74, 6) is 0.857. The molecular weight excluding hydrogens is 258 g/mol. The van der Waals surface area contributed by atoms with Crippen molar-refractivity contribution < 1.29 is 0 Å². The van der Waals surface area contributed by atoms with Crippen LogP contribution in [-0.2, 0) is 12.8 Å². The van der Waals surface area contributed by atoms with Crippen molar-refractivity contribution in [2.24, 2.45) is 11.3 Å². The highest BCUT2D eigenvalue weighted by Crippen LogP contribution is 2.41. The molecule has 2 aromatic heterocycles. The fourth-order valence-corrected chi connectivity index (χ4v) is 4.08.